The Morgan fingerprint density at radius 3 is 2.47 bits per heavy atom. The summed E-state index contributed by atoms with van der Waals surface area (Å²) in [5, 5.41) is 13.0. The van der Waals surface area contributed by atoms with E-state index in [1.54, 1.807) is 0 Å². The number of nitrogens with one attached hydrogen (secondary N) is 1. The van der Waals surface area contributed by atoms with E-state index in [-0.39, 0.29) is 6.10 Å². The van der Waals surface area contributed by atoms with Crippen LogP contribution in [0.3, 0.4) is 0 Å². The van der Waals surface area contributed by atoms with Crippen molar-refractivity contribution in [3.05, 3.63) is 34.9 Å². The normalized spacial score (nSPS) is 24.2. The van der Waals surface area contributed by atoms with Crippen LogP contribution in [0, 0.1) is 19.8 Å². The summed E-state index contributed by atoms with van der Waals surface area (Å²) in [5.41, 5.74) is 4.03. The SMILES string of the molecule is Cc1cc(C)cc(CNCC2CCC(O)C2)c1. The van der Waals surface area contributed by atoms with Gasteiger partial charge < -0.3 is 10.4 Å². The molecule has 1 aliphatic rings. The third kappa shape index (κ3) is 3.83. The van der Waals surface area contributed by atoms with E-state index in [2.05, 4.69) is 37.4 Å². The fourth-order valence-corrected chi connectivity index (χ4v) is 2.83. The number of aryl methyl sites for hydroxylation is 2. The maximum absolute atomic E-state index is 9.46. The van der Waals surface area contributed by atoms with Gasteiger partial charge in [0.15, 0.2) is 0 Å². The van der Waals surface area contributed by atoms with Gasteiger partial charge in [-0.1, -0.05) is 29.3 Å². The third-order valence-electron chi connectivity index (χ3n) is 3.56. The number of hydrogen-bond acceptors (Lipinski definition) is 2. The van der Waals surface area contributed by atoms with Gasteiger partial charge >= 0.3 is 0 Å². The van der Waals surface area contributed by atoms with E-state index < -0.39 is 0 Å². The molecule has 2 N–H and O–H groups in total. The van der Waals surface area contributed by atoms with Crippen LogP contribution in [0.1, 0.15) is 36.0 Å². The van der Waals surface area contributed by atoms with Crippen LogP contribution >= 0.6 is 0 Å². The van der Waals surface area contributed by atoms with Gasteiger partial charge in [0.2, 0.25) is 0 Å². The Kier molecular flexibility index (Phi) is 4.19. The van der Waals surface area contributed by atoms with Gasteiger partial charge in [0.05, 0.1) is 6.10 Å². The van der Waals surface area contributed by atoms with Crippen molar-refractivity contribution in [2.45, 2.75) is 45.8 Å². The zero-order valence-electron chi connectivity index (χ0n) is 10.9. The summed E-state index contributed by atoms with van der Waals surface area (Å²) in [6.07, 6.45) is 3.07. The van der Waals surface area contributed by atoms with Crippen LogP contribution in [0.2, 0.25) is 0 Å². The second-order valence-electron chi connectivity index (χ2n) is 5.46. The quantitative estimate of drug-likeness (QED) is 0.837. The zero-order chi connectivity index (χ0) is 12.3. The summed E-state index contributed by atoms with van der Waals surface area (Å²) >= 11 is 0. The molecule has 2 unspecified atom stereocenters. The number of rotatable bonds is 4. The summed E-state index contributed by atoms with van der Waals surface area (Å²) in [6.45, 7) is 6.26. The minimum absolute atomic E-state index is 0.0528. The molecule has 2 nitrogen and oxygen atoms in total. The highest BCUT2D eigenvalue weighted by atomic mass is 16.3. The van der Waals surface area contributed by atoms with Crippen LogP contribution < -0.4 is 5.32 Å². The second-order valence-corrected chi connectivity index (χ2v) is 5.46. The first-order valence-electron chi connectivity index (χ1n) is 6.59. The summed E-state index contributed by atoms with van der Waals surface area (Å²) in [6, 6.07) is 6.68. The molecule has 0 heterocycles. The Bertz CT molecular complexity index is 355. The van der Waals surface area contributed by atoms with E-state index in [0.717, 1.165) is 25.9 Å². The Labute approximate surface area is 104 Å². The van der Waals surface area contributed by atoms with Crippen molar-refractivity contribution < 1.29 is 5.11 Å². The highest BCUT2D eigenvalue weighted by molar-refractivity contribution is 5.28. The first kappa shape index (κ1) is 12.6. The van der Waals surface area contributed by atoms with Crippen LogP contribution in [0.15, 0.2) is 18.2 Å². The lowest BCUT2D eigenvalue weighted by Crippen LogP contribution is -2.21. The first-order chi connectivity index (χ1) is 8.13. The molecule has 94 valence electrons. The Morgan fingerprint density at radius 2 is 1.88 bits per heavy atom. The second kappa shape index (κ2) is 5.65. The molecule has 0 bridgehead atoms. The fourth-order valence-electron chi connectivity index (χ4n) is 2.83. The molecule has 1 fully saturated rings. The lowest BCUT2D eigenvalue weighted by molar-refractivity contribution is 0.177. The number of benzene rings is 1. The molecule has 2 heteroatoms. The molecule has 2 atom stereocenters. The van der Waals surface area contributed by atoms with E-state index in [0.29, 0.717) is 5.92 Å². The van der Waals surface area contributed by atoms with Crippen molar-refractivity contribution in [1.82, 2.24) is 5.32 Å². The van der Waals surface area contributed by atoms with Crippen molar-refractivity contribution in [1.29, 1.82) is 0 Å². The van der Waals surface area contributed by atoms with Crippen molar-refractivity contribution in [2.75, 3.05) is 6.54 Å². The van der Waals surface area contributed by atoms with Crippen LogP contribution in [0.25, 0.3) is 0 Å². The molecule has 1 saturated carbocycles. The van der Waals surface area contributed by atoms with Crippen molar-refractivity contribution in [3.8, 4) is 0 Å². The van der Waals surface area contributed by atoms with E-state index >= 15 is 0 Å². The molecule has 0 aromatic heterocycles. The number of hydrogen-bond donors (Lipinski definition) is 2. The maximum Gasteiger partial charge on any atom is 0.0543 e. The zero-order valence-corrected chi connectivity index (χ0v) is 10.9. The largest absolute Gasteiger partial charge is 0.393 e. The molecular weight excluding hydrogens is 210 g/mol. The molecule has 1 aromatic rings. The predicted octanol–water partition coefficient (Wildman–Crippen LogP) is 2.55. The van der Waals surface area contributed by atoms with Crippen LogP contribution in [-0.2, 0) is 6.54 Å². The lowest BCUT2D eigenvalue weighted by atomic mass is 10.1. The van der Waals surface area contributed by atoms with Gasteiger partial charge in [0, 0.05) is 6.54 Å². The molecule has 0 spiro atoms. The van der Waals surface area contributed by atoms with Gasteiger partial charge in [0.25, 0.3) is 0 Å². The number of aliphatic hydroxyl groups is 1. The molecule has 1 aliphatic carbocycles. The summed E-state index contributed by atoms with van der Waals surface area (Å²) in [5.74, 6) is 0.663. The van der Waals surface area contributed by atoms with Crippen LogP contribution in [-0.4, -0.2) is 17.8 Å². The van der Waals surface area contributed by atoms with Gasteiger partial charge in [-0.3, -0.25) is 0 Å². The standard InChI is InChI=1S/C15H23NO/c1-11-5-12(2)7-14(6-11)10-16-9-13-3-4-15(17)8-13/h5-7,13,15-17H,3-4,8-10H2,1-2H3. The topological polar surface area (TPSA) is 32.3 Å². The highest BCUT2D eigenvalue weighted by Crippen LogP contribution is 2.24. The highest BCUT2D eigenvalue weighted by Gasteiger charge is 2.21. The van der Waals surface area contributed by atoms with Gasteiger partial charge in [-0.25, -0.2) is 0 Å². The van der Waals surface area contributed by atoms with Gasteiger partial charge in [-0.2, -0.15) is 0 Å². The van der Waals surface area contributed by atoms with E-state index in [1.165, 1.54) is 23.1 Å². The summed E-state index contributed by atoms with van der Waals surface area (Å²) in [4.78, 5) is 0. The van der Waals surface area contributed by atoms with Crippen LogP contribution in [0.4, 0.5) is 0 Å². The fraction of sp³-hybridized carbons (Fsp3) is 0.600. The van der Waals surface area contributed by atoms with Crippen molar-refractivity contribution in [2.24, 2.45) is 5.92 Å². The Morgan fingerprint density at radius 1 is 1.18 bits per heavy atom. The molecule has 1 aromatic carbocycles. The first-order valence-corrected chi connectivity index (χ1v) is 6.59. The Hall–Kier alpha value is -0.860. The van der Waals surface area contributed by atoms with Gasteiger partial charge in [-0.05, 0) is 51.1 Å². The van der Waals surface area contributed by atoms with E-state index in [4.69, 9.17) is 0 Å². The van der Waals surface area contributed by atoms with E-state index in [9.17, 15) is 5.11 Å². The smallest absolute Gasteiger partial charge is 0.0543 e. The lowest BCUT2D eigenvalue weighted by Gasteiger charge is -2.11. The number of aliphatic hydroxyl groups excluding tert-OH is 1. The van der Waals surface area contributed by atoms with Crippen molar-refractivity contribution >= 4 is 0 Å². The molecule has 0 aliphatic heterocycles. The molecule has 2 rings (SSSR count). The molecular formula is C15H23NO. The minimum atomic E-state index is -0.0528. The average molecular weight is 233 g/mol. The summed E-state index contributed by atoms with van der Waals surface area (Å²) < 4.78 is 0. The van der Waals surface area contributed by atoms with E-state index in [1.807, 2.05) is 0 Å². The van der Waals surface area contributed by atoms with Crippen LogP contribution in [0.5, 0.6) is 0 Å². The van der Waals surface area contributed by atoms with Gasteiger partial charge in [0.1, 0.15) is 0 Å². The maximum atomic E-state index is 9.46. The molecule has 17 heavy (non-hydrogen) atoms. The molecule has 0 saturated heterocycles. The van der Waals surface area contributed by atoms with Crippen molar-refractivity contribution in [3.63, 3.8) is 0 Å². The monoisotopic (exact) mass is 233 g/mol. The van der Waals surface area contributed by atoms with Gasteiger partial charge in [-0.15, -0.1) is 0 Å². The summed E-state index contributed by atoms with van der Waals surface area (Å²) in [7, 11) is 0. The minimum Gasteiger partial charge on any atom is -0.393 e. The molecule has 0 amide bonds. The third-order valence-corrected chi connectivity index (χ3v) is 3.56. The average Bonchev–Trinajstić information content (AvgIpc) is 2.63. The molecule has 0 radical (unpaired) electrons. The predicted molar refractivity (Wildman–Crippen MR) is 71.0 cm³/mol. The Balaban J connectivity index is 1.78.